The SMILES string of the molecule is c1ccc(C2(c3ccccc3)CSC2)cc1. The predicted molar refractivity (Wildman–Crippen MR) is 71.0 cm³/mol. The largest absolute Gasteiger partial charge is 0.159 e. The van der Waals surface area contributed by atoms with Gasteiger partial charge in [0.05, 0.1) is 0 Å². The van der Waals surface area contributed by atoms with Crippen molar-refractivity contribution in [2.75, 3.05) is 11.5 Å². The molecule has 2 aromatic rings. The van der Waals surface area contributed by atoms with E-state index in [1.54, 1.807) is 0 Å². The first kappa shape index (κ1) is 9.98. The highest BCUT2D eigenvalue weighted by Crippen LogP contribution is 2.45. The van der Waals surface area contributed by atoms with Gasteiger partial charge >= 0.3 is 0 Å². The van der Waals surface area contributed by atoms with E-state index in [1.807, 2.05) is 11.8 Å². The Morgan fingerprint density at radius 1 is 0.688 bits per heavy atom. The molecule has 1 aliphatic heterocycles. The van der Waals surface area contributed by atoms with Gasteiger partial charge in [-0.05, 0) is 11.1 Å². The molecule has 80 valence electrons. The van der Waals surface area contributed by atoms with Gasteiger partial charge in [0, 0.05) is 16.9 Å². The quantitative estimate of drug-likeness (QED) is 0.752. The fourth-order valence-corrected chi connectivity index (χ4v) is 3.60. The summed E-state index contributed by atoms with van der Waals surface area (Å²) < 4.78 is 0. The number of thioether (sulfide) groups is 1. The van der Waals surface area contributed by atoms with E-state index < -0.39 is 0 Å². The molecule has 1 fully saturated rings. The molecule has 1 aliphatic rings. The third-order valence-corrected chi connectivity index (χ3v) is 4.74. The fraction of sp³-hybridized carbons (Fsp3) is 0.200. The third-order valence-electron chi connectivity index (χ3n) is 3.35. The lowest BCUT2D eigenvalue weighted by atomic mass is 9.77. The lowest BCUT2D eigenvalue weighted by Crippen LogP contribution is -2.41. The number of hydrogen-bond acceptors (Lipinski definition) is 1. The Bertz CT molecular complexity index is 416. The Morgan fingerprint density at radius 2 is 1.12 bits per heavy atom. The van der Waals surface area contributed by atoms with E-state index in [1.165, 1.54) is 22.6 Å². The summed E-state index contributed by atoms with van der Waals surface area (Å²) in [6, 6.07) is 21.8. The molecular weight excluding hydrogens is 212 g/mol. The molecule has 3 rings (SSSR count). The van der Waals surface area contributed by atoms with E-state index in [-0.39, 0.29) is 5.41 Å². The normalized spacial score (nSPS) is 17.8. The maximum atomic E-state index is 2.26. The molecule has 1 heterocycles. The van der Waals surface area contributed by atoms with Crippen LogP contribution in [0.2, 0.25) is 0 Å². The van der Waals surface area contributed by atoms with Crippen molar-refractivity contribution in [1.29, 1.82) is 0 Å². The van der Waals surface area contributed by atoms with Crippen molar-refractivity contribution >= 4 is 11.8 Å². The highest BCUT2D eigenvalue weighted by atomic mass is 32.2. The maximum Gasteiger partial charge on any atom is 0.0383 e. The van der Waals surface area contributed by atoms with Crippen molar-refractivity contribution in [3.05, 3.63) is 71.8 Å². The maximum absolute atomic E-state index is 2.26. The van der Waals surface area contributed by atoms with Gasteiger partial charge in [-0.3, -0.25) is 0 Å². The van der Waals surface area contributed by atoms with E-state index in [2.05, 4.69) is 60.7 Å². The Balaban J connectivity index is 2.08. The second-order valence-corrected chi connectivity index (χ2v) is 5.29. The van der Waals surface area contributed by atoms with Gasteiger partial charge in [0.25, 0.3) is 0 Å². The van der Waals surface area contributed by atoms with Crippen LogP contribution in [-0.2, 0) is 5.41 Å². The molecule has 16 heavy (non-hydrogen) atoms. The van der Waals surface area contributed by atoms with Gasteiger partial charge in [0.15, 0.2) is 0 Å². The molecular formula is C15H14S. The van der Waals surface area contributed by atoms with Crippen LogP contribution in [0.15, 0.2) is 60.7 Å². The van der Waals surface area contributed by atoms with E-state index in [4.69, 9.17) is 0 Å². The minimum absolute atomic E-state index is 0.271. The van der Waals surface area contributed by atoms with E-state index >= 15 is 0 Å². The molecule has 0 amide bonds. The second kappa shape index (κ2) is 3.99. The lowest BCUT2D eigenvalue weighted by molar-refractivity contribution is 0.630. The molecule has 0 nitrogen and oxygen atoms in total. The first-order chi connectivity index (χ1) is 7.92. The molecule has 1 saturated heterocycles. The van der Waals surface area contributed by atoms with Crippen LogP contribution in [0, 0.1) is 0 Å². The topological polar surface area (TPSA) is 0 Å². The highest BCUT2D eigenvalue weighted by molar-refractivity contribution is 8.00. The van der Waals surface area contributed by atoms with Crippen molar-refractivity contribution in [3.63, 3.8) is 0 Å². The predicted octanol–water partition coefficient (Wildman–Crippen LogP) is 3.72. The molecule has 0 aromatic heterocycles. The first-order valence-electron chi connectivity index (χ1n) is 5.61. The summed E-state index contributed by atoms with van der Waals surface area (Å²) >= 11 is 2.03. The molecule has 0 atom stereocenters. The third kappa shape index (κ3) is 1.47. The van der Waals surface area contributed by atoms with Crippen LogP contribution in [0.4, 0.5) is 0 Å². The molecule has 2 aromatic carbocycles. The average Bonchev–Trinajstić information content (AvgIpc) is 2.31. The van der Waals surface area contributed by atoms with Crippen molar-refractivity contribution in [3.8, 4) is 0 Å². The molecule has 1 heteroatoms. The lowest BCUT2D eigenvalue weighted by Gasteiger charge is -2.42. The Labute approximate surface area is 101 Å². The zero-order valence-corrected chi connectivity index (χ0v) is 9.91. The van der Waals surface area contributed by atoms with Crippen LogP contribution in [0.25, 0.3) is 0 Å². The van der Waals surface area contributed by atoms with Crippen LogP contribution in [-0.4, -0.2) is 11.5 Å². The van der Waals surface area contributed by atoms with Crippen molar-refractivity contribution in [2.24, 2.45) is 0 Å². The smallest absolute Gasteiger partial charge is 0.0383 e. The summed E-state index contributed by atoms with van der Waals surface area (Å²) in [5.74, 6) is 2.42. The van der Waals surface area contributed by atoms with Crippen LogP contribution < -0.4 is 0 Å². The van der Waals surface area contributed by atoms with Crippen LogP contribution in [0.1, 0.15) is 11.1 Å². The highest BCUT2D eigenvalue weighted by Gasteiger charge is 2.40. The zero-order valence-electron chi connectivity index (χ0n) is 9.10. The number of rotatable bonds is 2. The van der Waals surface area contributed by atoms with Crippen LogP contribution in [0.5, 0.6) is 0 Å². The van der Waals surface area contributed by atoms with Gasteiger partial charge in [0.2, 0.25) is 0 Å². The van der Waals surface area contributed by atoms with E-state index in [0.717, 1.165) is 0 Å². The number of benzene rings is 2. The van der Waals surface area contributed by atoms with Crippen molar-refractivity contribution < 1.29 is 0 Å². The molecule has 0 saturated carbocycles. The van der Waals surface area contributed by atoms with Crippen molar-refractivity contribution in [1.82, 2.24) is 0 Å². The standard InChI is InChI=1S/C15H14S/c1-3-7-13(8-4-1)15(11-16-12-15)14-9-5-2-6-10-14/h1-10H,11-12H2. The van der Waals surface area contributed by atoms with E-state index in [9.17, 15) is 0 Å². The Hall–Kier alpha value is -1.21. The summed E-state index contributed by atoms with van der Waals surface area (Å²) in [5.41, 5.74) is 3.19. The monoisotopic (exact) mass is 226 g/mol. The fourth-order valence-electron chi connectivity index (χ4n) is 2.32. The molecule has 0 unspecified atom stereocenters. The van der Waals surface area contributed by atoms with Gasteiger partial charge in [0.1, 0.15) is 0 Å². The molecule has 0 aliphatic carbocycles. The van der Waals surface area contributed by atoms with Gasteiger partial charge < -0.3 is 0 Å². The molecule has 0 radical (unpaired) electrons. The van der Waals surface area contributed by atoms with Crippen LogP contribution in [0.3, 0.4) is 0 Å². The van der Waals surface area contributed by atoms with Gasteiger partial charge in [-0.1, -0.05) is 60.7 Å². The summed E-state index contributed by atoms with van der Waals surface area (Å²) in [7, 11) is 0. The molecule has 0 N–H and O–H groups in total. The first-order valence-corrected chi connectivity index (χ1v) is 6.76. The molecule has 0 bridgehead atoms. The van der Waals surface area contributed by atoms with Gasteiger partial charge in [-0.25, -0.2) is 0 Å². The number of hydrogen-bond donors (Lipinski definition) is 0. The second-order valence-electron chi connectivity index (χ2n) is 4.31. The summed E-state index contributed by atoms with van der Waals surface area (Å²) in [5, 5.41) is 0. The van der Waals surface area contributed by atoms with E-state index in [0.29, 0.717) is 0 Å². The Kier molecular flexibility index (Phi) is 2.49. The zero-order chi connectivity index (χ0) is 10.8. The minimum atomic E-state index is 0.271. The van der Waals surface area contributed by atoms with Gasteiger partial charge in [-0.2, -0.15) is 11.8 Å². The van der Waals surface area contributed by atoms with Crippen molar-refractivity contribution in [2.45, 2.75) is 5.41 Å². The molecule has 0 spiro atoms. The minimum Gasteiger partial charge on any atom is -0.159 e. The average molecular weight is 226 g/mol. The van der Waals surface area contributed by atoms with Gasteiger partial charge in [-0.15, -0.1) is 0 Å². The summed E-state index contributed by atoms with van der Waals surface area (Å²) in [6.07, 6.45) is 0. The van der Waals surface area contributed by atoms with Crippen LogP contribution >= 0.6 is 11.8 Å². The summed E-state index contributed by atoms with van der Waals surface area (Å²) in [6.45, 7) is 0. The summed E-state index contributed by atoms with van der Waals surface area (Å²) in [4.78, 5) is 0. The Morgan fingerprint density at radius 3 is 1.44 bits per heavy atom.